The summed E-state index contributed by atoms with van der Waals surface area (Å²) in [7, 11) is -16.2. The topological polar surface area (TPSA) is 171 Å². The number of hydrogen-bond donors (Lipinski definition) is 5. The summed E-state index contributed by atoms with van der Waals surface area (Å²) < 4.78 is 36.4. The summed E-state index contributed by atoms with van der Waals surface area (Å²) >= 11 is 0. The van der Waals surface area contributed by atoms with Gasteiger partial charge >= 0.3 is 76.1 Å². The summed E-state index contributed by atoms with van der Waals surface area (Å²) in [5, 5.41) is 0. The van der Waals surface area contributed by atoms with E-state index in [1.54, 1.807) is 0 Å². The van der Waals surface area contributed by atoms with E-state index < -0.39 is 23.5 Å². The van der Waals surface area contributed by atoms with Gasteiger partial charge in [-0.2, -0.15) is 8.62 Å². The summed E-state index contributed by atoms with van der Waals surface area (Å²) in [6.07, 6.45) is 0. The molecule has 0 aliphatic rings. The van der Waals surface area contributed by atoms with Gasteiger partial charge in [-0.15, -0.1) is 0 Å². The molecule has 16 heavy (non-hydrogen) atoms. The van der Waals surface area contributed by atoms with Gasteiger partial charge in [-0.05, 0) is 0 Å². The second-order valence-electron chi connectivity index (χ2n) is 1.61. The van der Waals surface area contributed by atoms with Crippen LogP contribution in [0.15, 0.2) is 0 Å². The maximum atomic E-state index is 10.4. The molecule has 0 aromatic carbocycles. The fraction of sp³-hybridized carbons (Fsp3) is 0. The first kappa shape index (κ1) is 27.1. The van der Waals surface area contributed by atoms with Gasteiger partial charge in [0, 0.05) is 17.1 Å². The van der Waals surface area contributed by atoms with Crippen molar-refractivity contribution in [3.63, 3.8) is 0 Å². The minimum atomic E-state index is -5.46. The van der Waals surface area contributed by atoms with Crippen molar-refractivity contribution in [3.05, 3.63) is 0 Å². The van der Waals surface area contributed by atoms with E-state index in [0.29, 0.717) is 0 Å². The molecule has 0 aliphatic carbocycles. The molecule has 0 amide bonds. The van der Waals surface area contributed by atoms with Crippen molar-refractivity contribution >= 4 is 76.1 Å². The Kier molecular flexibility index (Phi) is 16.2. The molecule has 0 unspecified atom stereocenters. The van der Waals surface area contributed by atoms with Gasteiger partial charge in [-0.25, -0.2) is 13.7 Å². The van der Waals surface area contributed by atoms with E-state index in [9.17, 15) is 13.7 Å². The second-order valence-corrected chi connectivity index (χ2v) is 5.82. The molecule has 0 aliphatic heterocycles. The van der Waals surface area contributed by atoms with E-state index in [1.807, 2.05) is 0 Å². The Labute approximate surface area is 139 Å². The zero-order chi connectivity index (χ0) is 10.9. The van der Waals surface area contributed by atoms with Crippen molar-refractivity contribution in [2.45, 2.75) is 0 Å². The fourth-order valence-corrected chi connectivity index (χ4v) is 2.82. The predicted octanol–water partition coefficient (Wildman–Crippen LogP) is -2.26. The van der Waals surface area contributed by atoms with Crippen LogP contribution >= 0.6 is 23.5 Å². The van der Waals surface area contributed by atoms with Crippen LogP contribution in [0.25, 0.3) is 0 Å². The molecule has 0 spiro atoms. The normalized spacial score (nSPS) is 11.8. The van der Waals surface area contributed by atoms with Crippen molar-refractivity contribution in [3.8, 4) is 0 Å². The average Bonchev–Trinajstić information content (AvgIpc) is 1.43. The molecular formula is H8FeMgNaO10P3. The maximum absolute atomic E-state index is 10.4. The van der Waals surface area contributed by atoms with Gasteiger partial charge in [0.15, 0.2) is 0 Å². The Morgan fingerprint density at radius 1 is 0.750 bits per heavy atom. The summed E-state index contributed by atoms with van der Waals surface area (Å²) in [4.78, 5) is 40.2. The molecule has 0 rings (SSSR count). The van der Waals surface area contributed by atoms with E-state index >= 15 is 0 Å². The molecule has 0 aromatic rings. The van der Waals surface area contributed by atoms with Crippen LogP contribution in [0.4, 0.5) is 0 Å². The van der Waals surface area contributed by atoms with Crippen LogP contribution in [0.1, 0.15) is 0 Å². The summed E-state index contributed by atoms with van der Waals surface area (Å²) in [6.45, 7) is 0. The van der Waals surface area contributed by atoms with E-state index in [-0.39, 0.29) is 69.7 Å². The first-order chi connectivity index (χ1) is 5.41. The monoisotopic (exact) mass is 364 g/mol. The zero-order valence-electron chi connectivity index (χ0n) is 5.97. The molecule has 0 saturated heterocycles. The molecule has 16 heteroatoms. The van der Waals surface area contributed by atoms with Crippen LogP contribution in [-0.4, -0.2) is 77.1 Å². The molecule has 94 valence electrons. The van der Waals surface area contributed by atoms with Gasteiger partial charge in [0.2, 0.25) is 0 Å². The SMILES string of the molecule is O=P(O)(O)OP(=O)(O)OP(=O)(O)O.[Fe].[MgH2].[NaH]. The summed E-state index contributed by atoms with van der Waals surface area (Å²) in [5.41, 5.74) is 0. The number of rotatable bonds is 4. The van der Waals surface area contributed by atoms with Crippen LogP contribution in [0.3, 0.4) is 0 Å². The third-order valence-corrected chi connectivity index (χ3v) is 3.77. The molecule has 0 fully saturated rings. The number of hydrogen-bond acceptors (Lipinski definition) is 5. The van der Waals surface area contributed by atoms with Gasteiger partial charge in [0.1, 0.15) is 0 Å². The fourth-order valence-electron chi connectivity index (χ4n) is 0.284. The molecule has 0 heterocycles. The van der Waals surface area contributed by atoms with Gasteiger partial charge in [0.25, 0.3) is 0 Å². The summed E-state index contributed by atoms with van der Waals surface area (Å²) in [6, 6.07) is 0. The van der Waals surface area contributed by atoms with E-state index in [4.69, 9.17) is 24.5 Å². The van der Waals surface area contributed by atoms with Gasteiger partial charge in [0.05, 0.1) is 0 Å². The molecule has 10 nitrogen and oxygen atoms in total. The Balaban J connectivity index is -0.000000240. The van der Waals surface area contributed by atoms with Crippen LogP contribution in [0.5, 0.6) is 0 Å². The molecule has 0 aromatic heterocycles. The van der Waals surface area contributed by atoms with Crippen molar-refractivity contribution < 1.29 is 63.9 Å². The van der Waals surface area contributed by atoms with Gasteiger partial charge in [-0.1, -0.05) is 0 Å². The molecular weight excluding hydrogens is 356 g/mol. The molecule has 0 radical (unpaired) electrons. The molecule has 0 saturated carbocycles. The van der Waals surface area contributed by atoms with Crippen molar-refractivity contribution in [2.24, 2.45) is 0 Å². The van der Waals surface area contributed by atoms with E-state index in [2.05, 4.69) is 8.62 Å². The Bertz CT molecular complexity index is 288. The summed E-state index contributed by atoms with van der Waals surface area (Å²) in [5.74, 6) is 0. The van der Waals surface area contributed by atoms with Crippen molar-refractivity contribution in [1.82, 2.24) is 0 Å². The molecule has 5 N–H and O–H groups in total. The Morgan fingerprint density at radius 3 is 1.06 bits per heavy atom. The Hall–Kier alpha value is 2.70. The quantitative estimate of drug-likeness (QED) is 0.271. The second kappa shape index (κ2) is 9.58. The van der Waals surface area contributed by atoms with Gasteiger partial charge in [-0.3, -0.25) is 0 Å². The number of phosphoric acid groups is 3. The third kappa shape index (κ3) is 19.0. The average molecular weight is 364 g/mol. The first-order valence-electron chi connectivity index (χ1n) is 2.28. The molecule has 0 bridgehead atoms. The van der Waals surface area contributed by atoms with Crippen LogP contribution < -0.4 is 0 Å². The minimum absolute atomic E-state index is 0. The van der Waals surface area contributed by atoms with E-state index in [0.717, 1.165) is 0 Å². The van der Waals surface area contributed by atoms with Crippen molar-refractivity contribution in [2.75, 3.05) is 0 Å². The van der Waals surface area contributed by atoms with Crippen LogP contribution in [0, 0.1) is 0 Å². The molecule has 0 atom stereocenters. The van der Waals surface area contributed by atoms with Crippen LogP contribution in [-0.2, 0) is 39.4 Å². The Morgan fingerprint density at radius 2 is 0.938 bits per heavy atom. The third-order valence-electron chi connectivity index (χ3n) is 0.419. The van der Waals surface area contributed by atoms with E-state index in [1.165, 1.54) is 0 Å². The van der Waals surface area contributed by atoms with Gasteiger partial charge < -0.3 is 24.5 Å². The van der Waals surface area contributed by atoms with Crippen LogP contribution in [0.2, 0.25) is 0 Å². The first-order valence-corrected chi connectivity index (χ1v) is 6.83. The zero-order valence-corrected chi connectivity index (χ0v) is 9.76. The standard InChI is InChI=1S/Fe.Mg.Na.H5O10P3.3H/c;;;1-11(2,3)9-13(7,8)10-12(4,5)6;;;/h;;;(H,7,8)(H2,1,2,3)(H2,4,5,6);;;. The van der Waals surface area contributed by atoms with Crippen molar-refractivity contribution in [1.29, 1.82) is 0 Å². The predicted molar refractivity (Wildman–Crippen MR) is 51.8 cm³/mol.